The third-order valence-corrected chi connectivity index (χ3v) is 3.28. The van der Waals surface area contributed by atoms with Crippen molar-refractivity contribution in [2.75, 3.05) is 13.2 Å². The van der Waals surface area contributed by atoms with Crippen LogP contribution in [-0.2, 0) is 4.74 Å². The maximum atomic E-state index is 12.1. The monoisotopic (exact) mass is 318 g/mol. The Morgan fingerprint density at radius 1 is 1.09 bits per heavy atom. The van der Waals surface area contributed by atoms with Crippen molar-refractivity contribution in [2.24, 2.45) is 5.73 Å². The number of primary amides is 1. The van der Waals surface area contributed by atoms with Gasteiger partial charge in [-0.15, -0.1) is 0 Å². The van der Waals surface area contributed by atoms with E-state index < -0.39 is 6.09 Å². The van der Waals surface area contributed by atoms with Gasteiger partial charge in [-0.25, -0.2) is 4.79 Å². The average molecular weight is 319 g/mol. The molecule has 5 nitrogen and oxygen atoms in total. The molecular weight excluding hydrogens is 304 g/mol. The van der Waals surface area contributed by atoms with Crippen LogP contribution in [0.4, 0.5) is 4.79 Å². The summed E-state index contributed by atoms with van der Waals surface area (Å²) in [4.78, 5) is 22.6. The number of halogens is 1. The lowest BCUT2D eigenvalue weighted by Gasteiger charge is -2.09. The zero-order valence-corrected chi connectivity index (χ0v) is 12.5. The van der Waals surface area contributed by atoms with E-state index in [0.29, 0.717) is 10.6 Å². The molecule has 0 aliphatic rings. The van der Waals surface area contributed by atoms with Crippen LogP contribution in [0.15, 0.2) is 48.5 Å². The van der Waals surface area contributed by atoms with Gasteiger partial charge in [-0.1, -0.05) is 48.0 Å². The van der Waals surface area contributed by atoms with Crippen molar-refractivity contribution in [2.45, 2.75) is 0 Å². The van der Waals surface area contributed by atoms with E-state index in [1.165, 1.54) is 0 Å². The van der Waals surface area contributed by atoms with Crippen LogP contribution in [0.5, 0.6) is 0 Å². The number of carbonyl (C=O) groups is 2. The van der Waals surface area contributed by atoms with Gasteiger partial charge in [-0.3, -0.25) is 4.79 Å². The summed E-state index contributed by atoms with van der Waals surface area (Å²) in [6.45, 7) is 0.171. The van der Waals surface area contributed by atoms with Crippen LogP contribution in [0.1, 0.15) is 10.4 Å². The van der Waals surface area contributed by atoms with Crippen LogP contribution in [0.2, 0.25) is 5.02 Å². The second-order valence-corrected chi connectivity index (χ2v) is 4.89. The smallest absolute Gasteiger partial charge is 0.404 e. The molecule has 0 heterocycles. The summed E-state index contributed by atoms with van der Waals surface area (Å²) in [6, 6.07) is 14.9. The fourth-order valence-electron chi connectivity index (χ4n) is 1.92. The maximum Gasteiger partial charge on any atom is 0.404 e. The molecule has 2 rings (SSSR count). The van der Waals surface area contributed by atoms with Gasteiger partial charge >= 0.3 is 6.09 Å². The number of amides is 2. The molecule has 0 atom stereocenters. The first-order valence-corrected chi connectivity index (χ1v) is 7.01. The highest BCUT2D eigenvalue weighted by Gasteiger charge is 2.11. The third kappa shape index (κ3) is 4.23. The quantitative estimate of drug-likeness (QED) is 0.832. The Labute approximate surface area is 133 Å². The highest BCUT2D eigenvalue weighted by atomic mass is 35.5. The molecule has 0 aliphatic carbocycles. The van der Waals surface area contributed by atoms with Crippen LogP contribution < -0.4 is 11.1 Å². The molecule has 0 saturated carbocycles. The van der Waals surface area contributed by atoms with Crippen LogP contribution >= 0.6 is 11.6 Å². The minimum Gasteiger partial charge on any atom is -0.448 e. The molecule has 3 N–H and O–H groups in total. The van der Waals surface area contributed by atoms with Crippen molar-refractivity contribution in [3.63, 3.8) is 0 Å². The number of rotatable bonds is 5. The Morgan fingerprint density at radius 3 is 2.50 bits per heavy atom. The van der Waals surface area contributed by atoms with Crippen LogP contribution in [0.3, 0.4) is 0 Å². The van der Waals surface area contributed by atoms with Gasteiger partial charge < -0.3 is 15.8 Å². The summed E-state index contributed by atoms with van der Waals surface area (Å²) in [5.74, 6) is -0.337. The SMILES string of the molecule is NC(=O)OCCNC(=O)c1cc(-c2ccccc2)ccc1Cl. The highest BCUT2D eigenvalue weighted by Crippen LogP contribution is 2.25. The first kappa shape index (κ1) is 15.9. The summed E-state index contributed by atoms with van der Waals surface area (Å²) >= 11 is 6.08. The lowest BCUT2D eigenvalue weighted by Crippen LogP contribution is -2.29. The van der Waals surface area contributed by atoms with Crippen LogP contribution in [-0.4, -0.2) is 25.2 Å². The second kappa shape index (κ2) is 7.47. The molecule has 0 fully saturated rings. The minimum atomic E-state index is -0.877. The molecule has 0 aromatic heterocycles. The van der Waals surface area contributed by atoms with E-state index in [0.717, 1.165) is 11.1 Å². The van der Waals surface area contributed by atoms with E-state index in [1.54, 1.807) is 12.1 Å². The molecule has 0 spiro atoms. The van der Waals surface area contributed by atoms with Gasteiger partial charge in [0.05, 0.1) is 17.1 Å². The van der Waals surface area contributed by atoms with E-state index in [1.807, 2.05) is 36.4 Å². The summed E-state index contributed by atoms with van der Waals surface area (Å²) in [5, 5.41) is 2.97. The van der Waals surface area contributed by atoms with E-state index in [-0.39, 0.29) is 19.1 Å². The van der Waals surface area contributed by atoms with Gasteiger partial charge in [0.2, 0.25) is 0 Å². The van der Waals surface area contributed by atoms with E-state index in [4.69, 9.17) is 17.3 Å². The van der Waals surface area contributed by atoms with E-state index in [9.17, 15) is 9.59 Å². The molecular formula is C16H15ClN2O3. The number of ether oxygens (including phenoxy) is 1. The molecule has 0 saturated heterocycles. The van der Waals surface area contributed by atoms with Crippen molar-refractivity contribution in [1.29, 1.82) is 0 Å². The number of carbonyl (C=O) groups excluding carboxylic acids is 2. The summed E-state index contributed by atoms with van der Waals surface area (Å²) < 4.78 is 4.54. The van der Waals surface area contributed by atoms with Gasteiger partial charge in [0.1, 0.15) is 6.61 Å². The van der Waals surface area contributed by atoms with Crippen molar-refractivity contribution < 1.29 is 14.3 Å². The average Bonchev–Trinajstić information content (AvgIpc) is 2.52. The molecule has 2 amide bonds. The van der Waals surface area contributed by atoms with Crippen LogP contribution in [0, 0.1) is 0 Å². The molecule has 0 bridgehead atoms. The van der Waals surface area contributed by atoms with Gasteiger partial charge in [-0.2, -0.15) is 0 Å². The summed E-state index contributed by atoms with van der Waals surface area (Å²) in [6.07, 6.45) is -0.877. The Balaban J connectivity index is 2.10. The molecule has 2 aromatic carbocycles. The Morgan fingerprint density at radius 2 is 1.82 bits per heavy atom. The van der Waals surface area contributed by atoms with Crippen molar-refractivity contribution in [1.82, 2.24) is 5.32 Å². The fourth-order valence-corrected chi connectivity index (χ4v) is 2.12. The van der Waals surface area contributed by atoms with E-state index >= 15 is 0 Å². The first-order chi connectivity index (χ1) is 10.6. The predicted octanol–water partition coefficient (Wildman–Crippen LogP) is 2.83. The molecule has 0 radical (unpaired) electrons. The Bertz CT molecular complexity index is 674. The highest BCUT2D eigenvalue weighted by molar-refractivity contribution is 6.34. The lowest BCUT2D eigenvalue weighted by atomic mass is 10.0. The normalized spacial score (nSPS) is 10.0. The number of nitrogens with one attached hydrogen (secondary N) is 1. The lowest BCUT2D eigenvalue weighted by molar-refractivity contribution is 0.0937. The predicted molar refractivity (Wildman–Crippen MR) is 84.8 cm³/mol. The maximum absolute atomic E-state index is 12.1. The first-order valence-electron chi connectivity index (χ1n) is 6.63. The Kier molecular flexibility index (Phi) is 5.38. The van der Waals surface area contributed by atoms with Crippen LogP contribution in [0.25, 0.3) is 11.1 Å². The standard InChI is InChI=1S/C16H15ClN2O3/c17-14-7-6-12(11-4-2-1-3-5-11)10-13(14)15(20)19-8-9-22-16(18)21/h1-7,10H,8-9H2,(H2,18,21)(H,19,20). The molecule has 0 unspecified atom stereocenters. The number of nitrogens with two attached hydrogens (primary N) is 1. The Hall–Kier alpha value is -2.53. The second-order valence-electron chi connectivity index (χ2n) is 4.48. The topological polar surface area (TPSA) is 81.4 Å². The molecule has 114 valence electrons. The molecule has 0 aliphatic heterocycles. The zero-order valence-electron chi connectivity index (χ0n) is 11.7. The van der Waals surface area contributed by atoms with Crippen molar-refractivity contribution >= 4 is 23.6 Å². The van der Waals surface area contributed by atoms with Gasteiger partial charge in [0, 0.05) is 0 Å². The molecule has 6 heteroatoms. The summed E-state index contributed by atoms with van der Waals surface area (Å²) in [5.41, 5.74) is 7.08. The number of hydrogen-bond acceptors (Lipinski definition) is 3. The zero-order chi connectivity index (χ0) is 15.9. The summed E-state index contributed by atoms with van der Waals surface area (Å²) in [7, 11) is 0. The largest absolute Gasteiger partial charge is 0.448 e. The number of hydrogen-bond donors (Lipinski definition) is 2. The fraction of sp³-hybridized carbons (Fsp3) is 0.125. The van der Waals surface area contributed by atoms with E-state index in [2.05, 4.69) is 10.1 Å². The van der Waals surface area contributed by atoms with Crippen molar-refractivity contribution in [3.8, 4) is 11.1 Å². The van der Waals surface area contributed by atoms with Gasteiger partial charge in [-0.05, 0) is 23.3 Å². The van der Waals surface area contributed by atoms with Gasteiger partial charge in [0.15, 0.2) is 0 Å². The van der Waals surface area contributed by atoms with Crippen molar-refractivity contribution in [3.05, 3.63) is 59.1 Å². The minimum absolute atomic E-state index is 0.0110. The molecule has 2 aromatic rings. The third-order valence-electron chi connectivity index (χ3n) is 2.95. The number of benzene rings is 2. The van der Waals surface area contributed by atoms with Gasteiger partial charge in [0.25, 0.3) is 5.91 Å². The molecule has 22 heavy (non-hydrogen) atoms.